The van der Waals surface area contributed by atoms with Gasteiger partial charge in [0.2, 0.25) is 0 Å². The number of hydrogen-bond donors (Lipinski definition) is 1. The van der Waals surface area contributed by atoms with Crippen LogP contribution in [0.4, 0.5) is 0 Å². The predicted molar refractivity (Wildman–Crippen MR) is 106 cm³/mol. The maximum atomic E-state index is 13.1. The molecule has 1 aliphatic heterocycles. The Balaban J connectivity index is 1.80. The van der Waals surface area contributed by atoms with Gasteiger partial charge in [0.15, 0.2) is 15.0 Å². The molecule has 0 saturated carbocycles. The Hall–Kier alpha value is -2.16. The molecule has 3 aromatic rings. The molecule has 1 N–H and O–H groups in total. The molecule has 2 atom stereocenters. The Morgan fingerprint density at radius 3 is 2.48 bits per heavy atom. The zero-order valence-corrected chi connectivity index (χ0v) is 16.0. The molecule has 0 radical (unpaired) electrons. The summed E-state index contributed by atoms with van der Waals surface area (Å²) in [5.74, 6) is -0.367. The first-order chi connectivity index (χ1) is 12.9. The van der Waals surface area contributed by atoms with E-state index in [1.165, 1.54) is 0 Å². The summed E-state index contributed by atoms with van der Waals surface area (Å²) in [6.07, 6.45) is -0.964. The number of thioether (sulfide) groups is 1. The molecule has 1 fully saturated rings. The summed E-state index contributed by atoms with van der Waals surface area (Å²) in [4.78, 5) is 17.7. The lowest BCUT2D eigenvalue weighted by Crippen LogP contribution is -2.27. The summed E-state index contributed by atoms with van der Waals surface area (Å²) in [6.45, 7) is 0.329. The van der Waals surface area contributed by atoms with Gasteiger partial charge in [0, 0.05) is 0 Å². The summed E-state index contributed by atoms with van der Waals surface area (Å²) in [5, 5.41) is 10.5. The van der Waals surface area contributed by atoms with Crippen molar-refractivity contribution in [3.8, 4) is 0 Å². The van der Waals surface area contributed by atoms with Gasteiger partial charge in [-0.1, -0.05) is 54.2 Å². The molecule has 1 aromatic heterocycles. The molecule has 27 heavy (non-hydrogen) atoms. The smallest absolute Gasteiger partial charge is 0.262 e. The molecule has 0 unspecified atom stereocenters. The summed E-state index contributed by atoms with van der Waals surface area (Å²) >= 11 is 1.16. The summed E-state index contributed by atoms with van der Waals surface area (Å²) < 4.78 is 25.2. The average molecular weight is 402 g/mol. The predicted octanol–water partition coefficient (Wildman–Crippen LogP) is 1.69. The number of benzene rings is 2. The summed E-state index contributed by atoms with van der Waals surface area (Å²) in [6, 6.07) is 16.6. The molecule has 2 heterocycles. The molecule has 0 aliphatic carbocycles. The van der Waals surface area contributed by atoms with Crippen molar-refractivity contribution in [1.29, 1.82) is 0 Å². The second kappa shape index (κ2) is 7.10. The van der Waals surface area contributed by atoms with E-state index in [0.29, 0.717) is 22.6 Å². The topological polar surface area (TPSA) is 89.3 Å². The normalized spacial score (nSPS) is 21.5. The number of rotatable bonds is 4. The van der Waals surface area contributed by atoms with Gasteiger partial charge in [-0.3, -0.25) is 9.36 Å². The van der Waals surface area contributed by atoms with E-state index in [9.17, 15) is 18.3 Å². The molecule has 8 heteroatoms. The third-order valence-electron chi connectivity index (χ3n) is 4.54. The van der Waals surface area contributed by atoms with Gasteiger partial charge >= 0.3 is 0 Å². The lowest BCUT2D eigenvalue weighted by atomic mass is 10.2. The minimum atomic E-state index is -3.28. The van der Waals surface area contributed by atoms with Gasteiger partial charge in [0.05, 0.1) is 40.3 Å². The van der Waals surface area contributed by atoms with Gasteiger partial charge in [-0.25, -0.2) is 13.4 Å². The highest BCUT2D eigenvalue weighted by Gasteiger charge is 2.38. The molecule has 1 saturated heterocycles. The van der Waals surface area contributed by atoms with Crippen molar-refractivity contribution >= 4 is 32.5 Å². The number of aliphatic hydroxyl groups excluding tert-OH is 1. The maximum Gasteiger partial charge on any atom is 0.262 e. The van der Waals surface area contributed by atoms with E-state index in [-0.39, 0.29) is 17.1 Å². The second-order valence-corrected chi connectivity index (χ2v) is 9.95. The number of aliphatic hydroxyl groups is 1. The highest BCUT2D eigenvalue weighted by atomic mass is 32.2. The van der Waals surface area contributed by atoms with E-state index in [1.54, 1.807) is 28.8 Å². The molecule has 0 amide bonds. The van der Waals surface area contributed by atoms with Gasteiger partial charge < -0.3 is 5.11 Å². The Morgan fingerprint density at radius 1 is 1.07 bits per heavy atom. The molecule has 1 aliphatic rings. The lowest BCUT2D eigenvalue weighted by Gasteiger charge is -2.17. The molecular formula is C19H18N2O4S2. The van der Waals surface area contributed by atoms with Gasteiger partial charge in [-0.2, -0.15) is 0 Å². The third-order valence-corrected chi connectivity index (χ3v) is 7.77. The number of nitrogens with zero attached hydrogens (tertiary/aromatic N) is 2. The van der Waals surface area contributed by atoms with Crippen LogP contribution >= 0.6 is 11.8 Å². The fraction of sp³-hybridized carbons (Fsp3) is 0.263. The van der Waals surface area contributed by atoms with Crippen LogP contribution in [0, 0.1) is 0 Å². The summed E-state index contributed by atoms with van der Waals surface area (Å²) in [5.41, 5.74) is 1.32. The number of aromatic nitrogens is 2. The van der Waals surface area contributed by atoms with Gasteiger partial charge in [0.25, 0.3) is 5.56 Å². The van der Waals surface area contributed by atoms with Crippen LogP contribution in [0.3, 0.4) is 0 Å². The van der Waals surface area contributed by atoms with Crippen LogP contribution in [0.5, 0.6) is 0 Å². The first kappa shape index (κ1) is 18.2. The van der Waals surface area contributed by atoms with E-state index in [4.69, 9.17) is 0 Å². The highest BCUT2D eigenvalue weighted by Crippen LogP contribution is 2.30. The minimum absolute atomic E-state index is 0.118. The van der Waals surface area contributed by atoms with Crippen molar-refractivity contribution < 1.29 is 13.5 Å². The van der Waals surface area contributed by atoms with Crippen molar-refractivity contribution in [3.05, 3.63) is 70.5 Å². The largest absolute Gasteiger partial charge is 0.391 e. The van der Waals surface area contributed by atoms with Crippen molar-refractivity contribution in [2.45, 2.75) is 23.1 Å². The third kappa shape index (κ3) is 3.78. The minimum Gasteiger partial charge on any atom is -0.391 e. The van der Waals surface area contributed by atoms with Crippen LogP contribution in [-0.4, -0.2) is 45.9 Å². The quantitative estimate of drug-likeness (QED) is 0.668. The van der Waals surface area contributed by atoms with Crippen molar-refractivity contribution in [1.82, 2.24) is 9.55 Å². The molecular weight excluding hydrogens is 384 g/mol. The van der Waals surface area contributed by atoms with E-state index < -0.39 is 21.2 Å². The Morgan fingerprint density at radius 2 is 1.78 bits per heavy atom. The van der Waals surface area contributed by atoms with Crippen LogP contribution < -0.4 is 5.56 Å². The standard InChI is InChI=1S/C19H18N2O4S2/c22-16-11-27(24,25)12-17(16)26-19-20-15-9-5-4-8-14(15)18(23)21(19)10-13-6-2-1-3-7-13/h1-9,16-17,22H,10-12H2/t16-,17+/m1/s1. The van der Waals surface area contributed by atoms with Crippen LogP contribution in [-0.2, 0) is 16.4 Å². The van der Waals surface area contributed by atoms with E-state index in [2.05, 4.69) is 4.98 Å². The van der Waals surface area contributed by atoms with Crippen LogP contribution in [0.15, 0.2) is 64.5 Å². The van der Waals surface area contributed by atoms with Gasteiger partial charge in [0.1, 0.15) is 0 Å². The SMILES string of the molecule is O=c1c2ccccc2nc(S[C@H]2CS(=O)(=O)C[C@H]2O)n1Cc1ccccc1. The monoisotopic (exact) mass is 402 g/mol. The fourth-order valence-corrected chi connectivity index (χ4v) is 6.77. The Kier molecular flexibility index (Phi) is 4.79. The molecule has 140 valence electrons. The fourth-order valence-electron chi connectivity index (χ4n) is 3.19. The average Bonchev–Trinajstić information content (AvgIpc) is 2.91. The van der Waals surface area contributed by atoms with E-state index in [1.807, 2.05) is 30.3 Å². The van der Waals surface area contributed by atoms with Crippen LogP contribution in [0.25, 0.3) is 10.9 Å². The van der Waals surface area contributed by atoms with Crippen molar-refractivity contribution in [3.63, 3.8) is 0 Å². The molecule has 0 bridgehead atoms. The van der Waals surface area contributed by atoms with E-state index >= 15 is 0 Å². The number of fused-ring (bicyclic) bond motifs is 1. The first-order valence-corrected chi connectivity index (χ1v) is 11.2. The Bertz CT molecular complexity index is 1140. The van der Waals surface area contributed by atoms with Gasteiger partial charge in [-0.15, -0.1) is 0 Å². The number of hydrogen-bond acceptors (Lipinski definition) is 6. The highest BCUT2D eigenvalue weighted by molar-refractivity contribution is 8.01. The Labute approximate surface area is 160 Å². The van der Waals surface area contributed by atoms with Gasteiger partial charge in [-0.05, 0) is 17.7 Å². The molecule has 0 spiro atoms. The molecule has 4 rings (SSSR count). The second-order valence-electron chi connectivity index (χ2n) is 6.59. The number of sulfone groups is 1. The van der Waals surface area contributed by atoms with Crippen molar-refractivity contribution in [2.75, 3.05) is 11.5 Å². The molecule has 6 nitrogen and oxygen atoms in total. The van der Waals surface area contributed by atoms with Crippen molar-refractivity contribution in [2.24, 2.45) is 0 Å². The zero-order chi connectivity index (χ0) is 19.0. The number of para-hydroxylation sites is 1. The first-order valence-electron chi connectivity index (χ1n) is 8.51. The summed E-state index contributed by atoms with van der Waals surface area (Å²) in [7, 11) is -3.28. The van der Waals surface area contributed by atoms with E-state index in [0.717, 1.165) is 17.3 Å². The zero-order valence-electron chi connectivity index (χ0n) is 14.4. The van der Waals surface area contributed by atoms with Crippen LogP contribution in [0.2, 0.25) is 0 Å². The maximum absolute atomic E-state index is 13.1. The lowest BCUT2D eigenvalue weighted by molar-refractivity contribution is 0.207. The van der Waals surface area contributed by atoms with Crippen LogP contribution in [0.1, 0.15) is 5.56 Å². The molecule has 2 aromatic carbocycles.